The summed E-state index contributed by atoms with van der Waals surface area (Å²) < 4.78 is 11.6. The number of benzene rings is 1. The number of halogens is 1. The first-order valence-corrected chi connectivity index (χ1v) is 5.41. The van der Waals surface area contributed by atoms with Gasteiger partial charge in [-0.2, -0.15) is 5.10 Å². The molecule has 1 aromatic carbocycles. The van der Waals surface area contributed by atoms with Gasteiger partial charge in [-0.15, -0.1) is 22.6 Å². The predicted molar refractivity (Wildman–Crippen MR) is 78.2 cm³/mol. The fraction of sp³-hybridized carbons (Fsp3) is 0.182. The second-order valence-electron chi connectivity index (χ2n) is 3.54. The minimum atomic E-state index is 0. The summed E-state index contributed by atoms with van der Waals surface area (Å²) in [5.41, 5.74) is 3.43. The molecule has 0 aliphatic heterocycles. The highest BCUT2D eigenvalue weighted by Crippen LogP contribution is 2.22. The first-order chi connectivity index (χ1) is 9.24. The number of rotatable bonds is 5. The molecule has 108 valence electrons. The van der Waals surface area contributed by atoms with Gasteiger partial charge in [-0.3, -0.25) is 0 Å². The van der Waals surface area contributed by atoms with Gasteiger partial charge < -0.3 is 15.3 Å². The number of nitrogens with two attached hydrogens (primary N) is 1. The van der Waals surface area contributed by atoms with Crippen LogP contribution in [0.1, 0.15) is 5.56 Å². The van der Waals surface area contributed by atoms with Crippen LogP contribution in [0, 0.1) is 0 Å². The van der Waals surface area contributed by atoms with Crippen LogP contribution in [-0.2, 0) is 0 Å². The Kier molecular flexibility index (Phi) is 5.60. The number of hydrazone groups is 1. The molecule has 0 amide bonds. The highest BCUT2D eigenvalue weighted by atomic mass is 35.5. The smallest absolute Gasteiger partial charge is 0.263 e. The standard InChI is InChI=1S/C11H14N6O2.ClH/c1-18-9-3-4-10(19-2)8(5-9)6-13-15-11-16-14-7-17(11)12;/h3-7H,12H2,1-2H3,(H,15,16);1H. The Hall–Kier alpha value is -2.48. The molecule has 0 aliphatic carbocycles. The monoisotopic (exact) mass is 298 g/mol. The van der Waals surface area contributed by atoms with Gasteiger partial charge in [0.2, 0.25) is 0 Å². The van der Waals surface area contributed by atoms with Crippen molar-refractivity contribution in [3.8, 4) is 11.5 Å². The Labute approximate surface area is 122 Å². The van der Waals surface area contributed by atoms with Crippen LogP contribution in [-0.4, -0.2) is 35.3 Å². The van der Waals surface area contributed by atoms with Crippen LogP contribution in [0.25, 0.3) is 0 Å². The zero-order valence-electron chi connectivity index (χ0n) is 11.0. The number of nitrogens with one attached hydrogen (secondary N) is 1. The van der Waals surface area contributed by atoms with Crippen LogP contribution >= 0.6 is 12.4 Å². The minimum Gasteiger partial charge on any atom is -0.497 e. The number of hydrogen-bond acceptors (Lipinski definition) is 7. The summed E-state index contributed by atoms with van der Waals surface area (Å²) in [6, 6.07) is 5.41. The van der Waals surface area contributed by atoms with Gasteiger partial charge >= 0.3 is 0 Å². The van der Waals surface area contributed by atoms with Crippen molar-refractivity contribution in [3.05, 3.63) is 30.1 Å². The van der Waals surface area contributed by atoms with Crippen LogP contribution in [0.5, 0.6) is 11.5 Å². The number of anilines is 1. The van der Waals surface area contributed by atoms with Gasteiger partial charge in [0, 0.05) is 5.56 Å². The van der Waals surface area contributed by atoms with Crippen molar-refractivity contribution < 1.29 is 9.47 Å². The largest absolute Gasteiger partial charge is 0.497 e. The number of methoxy groups -OCH3 is 2. The fourth-order valence-electron chi connectivity index (χ4n) is 1.42. The Morgan fingerprint density at radius 1 is 1.35 bits per heavy atom. The highest BCUT2D eigenvalue weighted by Gasteiger charge is 2.03. The molecule has 0 unspecified atom stereocenters. The third-order valence-electron chi connectivity index (χ3n) is 2.38. The number of ether oxygens (including phenoxy) is 2. The van der Waals surface area contributed by atoms with Gasteiger partial charge in [0.05, 0.1) is 20.4 Å². The van der Waals surface area contributed by atoms with Gasteiger partial charge in [0.15, 0.2) is 0 Å². The molecule has 1 aromatic heterocycles. The average molecular weight is 299 g/mol. The lowest BCUT2D eigenvalue weighted by molar-refractivity contribution is 0.402. The Morgan fingerprint density at radius 3 is 2.75 bits per heavy atom. The summed E-state index contributed by atoms with van der Waals surface area (Å²) in [4.78, 5) is 0. The van der Waals surface area contributed by atoms with Crippen molar-refractivity contribution in [2.24, 2.45) is 5.10 Å². The first kappa shape index (κ1) is 15.6. The quantitative estimate of drug-likeness (QED) is 0.483. The van der Waals surface area contributed by atoms with E-state index in [9.17, 15) is 0 Å². The average Bonchev–Trinajstić information content (AvgIpc) is 2.84. The van der Waals surface area contributed by atoms with E-state index in [1.165, 1.54) is 11.0 Å². The third kappa shape index (κ3) is 3.51. The van der Waals surface area contributed by atoms with Gasteiger partial charge in [0.1, 0.15) is 17.8 Å². The van der Waals surface area contributed by atoms with E-state index in [0.29, 0.717) is 17.4 Å². The molecule has 9 heteroatoms. The number of aromatic nitrogens is 3. The molecular weight excluding hydrogens is 284 g/mol. The van der Waals surface area contributed by atoms with E-state index >= 15 is 0 Å². The van der Waals surface area contributed by atoms with Crippen molar-refractivity contribution in [1.29, 1.82) is 0 Å². The molecule has 0 saturated heterocycles. The molecule has 1 heterocycles. The van der Waals surface area contributed by atoms with Crippen molar-refractivity contribution in [1.82, 2.24) is 14.9 Å². The summed E-state index contributed by atoms with van der Waals surface area (Å²) in [7, 11) is 3.18. The maximum Gasteiger partial charge on any atom is 0.263 e. The van der Waals surface area contributed by atoms with Gasteiger partial charge in [-0.05, 0) is 18.2 Å². The van der Waals surface area contributed by atoms with Crippen molar-refractivity contribution in [3.63, 3.8) is 0 Å². The second-order valence-corrected chi connectivity index (χ2v) is 3.54. The second kappa shape index (κ2) is 7.19. The molecule has 0 atom stereocenters. The van der Waals surface area contributed by atoms with E-state index in [4.69, 9.17) is 15.3 Å². The minimum absolute atomic E-state index is 0. The summed E-state index contributed by atoms with van der Waals surface area (Å²) in [5.74, 6) is 7.26. The van der Waals surface area contributed by atoms with Gasteiger partial charge in [-0.25, -0.2) is 10.1 Å². The predicted octanol–water partition coefficient (Wildman–Crippen LogP) is 0.877. The van der Waals surface area contributed by atoms with Gasteiger partial charge in [0.25, 0.3) is 5.95 Å². The lowest BCUT2D eigenvalue weighted by Gasteiger charge is -2.06. The van der Waals surface area contributed by atoms with E-state index in [-0.39, 0.29) is 12.4 Å². The van der Waals surface area contributed by atoms with Crippen molar-refractivity contribution in [2.45, 2.75) is 0 Å². The molecule has 0 spiro atoms. The van der Waals surface area contributed by atoms with Gasteiger partial charge in [-0.1, -0.05) is 0 Å². The summed E-state index contributed by atoms with van der Waals surface area (Å²) >= 11 is 0. The van der Waals surface area contributed by atoms with Crippen LogP contribution in [0.3, 0.4) is 0 Å². The molecule has 0 radical (unpaired) electrons. The molecule has 20 heavy (non-hydrogen) atoms. The number of nitrogen functional groups attached to an aromatic ring is 1. The van der Waals surface area contributed by atoms with E-state index in [2.05, 4.69) is 20.7 Å². The van der Waals surface area contributed by atoms with E-state index in [1.54, 1.807) is 38.6 Å². The SMILES string of the molecule is COc1ccc(OC)c(C=NNc2nncn2N)c1.Cl. The summed E-state index contributed by atoms with van der Waals surface area (Å²) in [6.45, 7) is 0. The molecule has 0 fully saturated rings. The van der Waals surface area contributed by atoms with Crippen molar-refractivity contribution >= 4 is 24.6 Å². The zero-order valence-corrected chi connectivity index (χ0v) is 11.8. The van der Waals surface area contributed by atoms with Crippen molar-refractivity contribution in [2.75, 3.05) is 25.5 Å². The zero-order chi connectivity index (χ0) is 13.7. The summed E-state index contributed by atoms with van der Waals surface area (Å²) in [5, 5.41) is 11.4. The highest BCUT2D eigenvalue weighted by molar-refractivity contribution is 5.85. The number of hydrogen-bond donors (Lipinski definition) is 2. The molecule has 0 saturated carbocycles. The van der Waals surface area contributed by atoms with E-state index in [1.807, 2.05) is 0 Å². The van der Waals surface area contributed by atoms with Crippen LogP contribution in [0.4, 0.5) is 5.95 Å². The van der Waals surface area contributed by atoms with Crippen LogP contribution < -0.4 is 20.7 Å². The molecule has 2 aromatic rings. The molecule has 8 nitrogen and oxygen atoms in total. The molecule has 0 bridgehead atoms. The normalized spacial score (nSPS) is 10.1. The third-order valence-corrected chi connectivity index (χ3v) is 2.38. The van der Waals surface area contributed by atoms with Crippen LogP contribution in [0.15, 0.2) is 29.6 Å². The first-order valence-electron chi connectivity index (χ1n) is 5.41. The Balaban J connectivity index is 0.00000200. The Morgan fingerprint density at radius 2 is 2.15 bits per heavy atom. The topological polar surface area (TPSA) is 99.6 Å². The van der Waals surface area contributed by atoms with E-state index in [0.717, 1.165) is 5.56 Å². The lowest BCUT2D eigenvalue weighted by Crippen LogP contribution is -2.10. The lowest BCUT2D eigenvalue weighted by atomic mass is 10.2. The molecule has 0 aliphatic rings. The molecule has 2 rings (SSSR count). The maximum atomic E-state index is 5.53. The van der Waals surface area contributed by atoms with E-state index < -0.39 is 0 Å². The number of nitrogens with zero attached hydrogens (tertiary/aromatic N) is 4. The fourth-order valence-corrected chi connectivity index (χ4v) is 1.42. The molecule has 3 N–H and O–H groups in total. The summed E-state index contributed by atoms with van der Waals surface area (Å²) in [6.07, 6.45) is 2.94. The maximum absolute atomic E-state index is 5.53. The Bertz CT molecular complexity index is 586. The van der Waals surface area contributed by atoms with Crippen LogP contribution in [0.2, 0.25) is 0 Å². The molecular formula is C11H15ClN6O2.